The van der Waals surface area contributed by atoms with E-state index in [4.69, 9.17) is 11.6 Å². The van der Waals surface area contributed by atoms with Crippen LogP contribution in [0.25, 0.3) is 0 Å². The highest BCUT2D eigenvalue weighted by Crippen LogP contribution is 2.20. The Labute approximate surface area is 111 Å². The number of hydrogen-bond acceptors (Lipinski definition) is 4. The van der Waals surface area contributed by atoms with Gasteiger partial charge in [0.2, 0.25) is 0 Å². The third kappa shape index (κ3) is 3.11. The molecule has 0 aliphatic rings. The number of halogens is 1. The zero-order chi connectivity index (χ0) is 13.0. The summed E-state index contributed by atoms with van der Waals surface area (Å²) in [6, 6.07) is 9.39. The van der Waals surface area contributed by atoms with Gasteiger partial charge in [0.1, 0.15) is 17.5 Å². The monoisotopic (exact) mass is 262 g/mol. The molecule has 0 unspecified atom stereocenters. The van der Waals surface area contributed by atoms with Gasteiger partial charge in [-0.25, -0.2) is 9.97 Å². The second-order valence-corrected chi connectivity index (χ2v) is 4.23. The van der Waals surface area contributed by atoms with Crippen molar-refractivity contribution in [3.8, 4) is 0 Å². The third-order valence-corrected chi connectivity index (χ3v) is 2.68. The SMILES string of the molecule is CCc1nc(NC)cc(Nc2cccc(Cl)c2)n1. The summed E-state index contributed by atoms with van der Waals surface area (Å²) in [5.41, 5.74) is 0.908. The smallest absolute Gasteiger partial charge is 0.136 e. The number of benzene rings is 1. The lowest BCUT2D eigenvalue weighted by Crippen LogP contribution is -2.03. The first-order valence-electron chi connectivity index (χ1n) is 5.79. The number of aryl methyl sites for hydroxylation is 1. The molecule has 1 heterocycles. The Morgan fingerprint density at radius 1 is 1.17 bits per heavy atom. The van der Waals surface area contributed by atoms with Crippen molar-refractivity contribution in [1.82, 2.24) is 9.97 Å². The van der Waals surface area contributed by atoms with Gasteiger partial charge in [-0.15, -0.1) is 0 Å². The van der Waals surface area contributed by atoms with Crippen LogP contribution in [0.1, 0.15) is 12.7 Å². The van der Waals surface area contributed by atoms with Gasteiger partial charge in [0.25, 0.3) is 0 Å². The van der Waals surface area contributed by atoms with Crippen LogP contribution in [-0.2, 0) is 6.42 Å². The molecule has 1 aromatic carbocycles. The van der Waals surface area contributed by atoms with E-state index in [0.717, 1.165) is 29.6 Å². The maximum Gasteiger partial charge on any atom is 0.136 e. The Morgan fingerprint density at radius 3 is 2.61 bits per heavy atom. The molecule has 0 saturated heterocycles. The second-order valence-electron chi connectivity index (χ2n) is 3.79. The molecule has 0 spiro atoms. The molecule has 4 nitrogen and oxygen atoms in total. The first-order chi connectivity index (χ1) is 8.71. The van der Waals surface area contributed by atoms with Crippen LogP contribution in [0.15, 0.2) is 30.3 Å². The van der Waals surface area contributed by atoms with Crippen molar-refractivity contribution < 1.29 is 0 Å². The summed E-state index contributed by atoms with van der Waals surface area (Å²) in [6.45, 7) is 2.03. The van der Waals surface area contributed by atoms with Crippen molar-refractivity contribution in [2.45, 2.75) is 13.3 Å². The summed E-state index contributed by atoms with van der Waals surface area (Å²) < 4.78 is 0. The topological polar surface area (TPSA) is 49.8 Å². The number of hydrogen-bond donors (Lipinski definition) is 2. The van der Waals surface area contributed by atoms with Gasteiger partial charge < -0.3 is 10.6 Å². The van der Waals surface area contributed by atoms with Crippen LogP contribution in [0.2, 0.25) is 5.02 Å². The van der Waals surface area contributed by atoms with E-state index in [1.807, 2.05) is 44.3 Å². The van der Waals surface area contributed by atoms with Crippen molar-refractivity contribution in [2.24, 2.45) is 0 Å². The van der Waals surface area contributed by atoms with Gasteiger partial charge in [-0.2, -0.15) is 0 Å². The molecule has 0 aliphatic heterocycles. The van der Waals surface area contributed by atoms with E-state index < -0.39 is 0 Å². The minimum Gasteiger partial charge on any atom is -0.373 e. The summed E-state index contributed by atoms with van der Waals surface area (Å²) in [6.07, 6.45) is 0.791. The van der Waals surface area contributed by atoms with E-state index in [-0.39, 0.29) is 0 Å². The van der Waals surface area contributed by atoms with Crippen LogP contribution < -0.4 is 10.6 Å². The minimum absolute atomic E-state index is 0.693. The van der Waals surface area contributed by atoms with Crippen molar-refractivity contribution in [1.29, 1.82) is 0 Å². The van der Waals surface area contributed by atoms with E-state index in [9.17, 15) is 0 Å². The Kier molecular flexibility index (Phi) is 3.99. The molecule has 2 aromatic rings. The van der Waals surface area contributed by atoms with Crippen molar-refractivity contribution in [2.75, 3.05) is 17.7 Å². The Balaban J connectivity index is 2.28. The molecule has 0 bridgehead atoms. The van der Waals surface area contributed by atoms with Gasteiger partial charge in [-0.1, -0.05) is 24.6 Å². The van der Waals surface area contributed by atoms with E-state index in [0.29, 0.717) is 5.02 Å². The predicted octanol–water partition coefficient (Wildman–Crippen LogP) is 3.48. The zero-order valence-corrected chi connectivity index (χ0v) is 11.1. The highest BCUT2D eigenvalue weighted by Gasteiger charge is 2.03. The highest BCUT2D eigenvalue weighted by atomic mass is 35.5. The lowest BCUT2D eigenvalue weighted by molar-refractivity contribution is 0.945. The molecule has 0 amide bonds. The van der Waals surface area contributed by atoms with Gasteiger partial charge in [-0.3, -0.25) is 0 Å². The molecular weight excluding hydrogens is 248 g/mol. The van der Waals surface area contributed by atoms with E-state index in [1.165, 1.54) is 0 Å². The molecule has 1 aromatic heterocycles. The molecule has 2 rings (SSSR count). The first-order valence-corrected chi connectivity index (χ1v) is 6.17. The average Bonchev–Trinajstić information content (AvgIpc) is 2.38. The summed E-state index contributed by atoms with van der Waals surface area (Å²) >= 11 is 5.94. The summed E-state index contributed by atoms with van der Waals surface area (Å²) in [5.74, 6) is 2.35. The fourth-order valence-electron chi connectivity index (χ4n) is 1.56. The molecule has 0 radical (unpaired) electrons. The minimum atomic E-state index is 0.693. The molecule has 94 valence electrons. The highest BCUT2D eigenvalue weighted by molar-refractivity contribution is 6.30. The van der Waals surface area contributed by atoms with Gasteiger partial charge in [0.05, 0.1) is 0 Å². The van der Waals surface area contributed by atoms with Gasteiger partial charge in [0.15, 0.2) is 0 Å². The van der Waals surface area contributed by atoms with Crippen LogP contribution in [0.4, 0.5) is 17.3 Å². The zero-order valence-electron chi connectivity index (χ0n) is 10.4. The van der Waals surface area contributed by atoms with Crippen LogP contribution in [-0.4, -0.2) is 17.0 Å². The number of anilines is 3. The lowest BCUT2D eigenvalue weighted by Gasteiger charge is -2.09. The van der Waals surface area contributed by atoms with Crippen LogP contribution in [0.5, 0.6) is 0 Å². The van der Waals surface area contributed by atoms with Gasteiger partial charge in [0, 0.05) is 30.2 Å². The maximum absolute atomic E-state index is 5.94. The molecule has 2 N–H and O–H groups in total. The Morgan fingerprint density at radius 2 is 1.94 bits per heavy atom. The fourth-order valence-corrected chi connectivity index (χ4v) is 1.75. The van der Waals surface area contributed by atoms with E-state index in [2.05, 4.69) is 20.6 Å². The van der Waals surface area contributed by atoms with Crippen molar-refractivity contribution in [3.05, 3.63) is 41.2 Å². The van der Waals surface area contributed by atoms with Crippen molar-refractivity contribution >= 4 is 28.9 Å². The van der Waals surface area contributed by atoms with Crippen LogP contribution in [0, 0.1) is 0 Å². The summed E-state index contributed by atoms with van der Waals surface area (Å²) in [4.78, 5) is 8.76. The Hall–Kier alpha value is -1.81. The molecular formula is C13H15ClN4. The summed E-state index contributed by atoms with van der Waals surface area (Å²) in [7, 11) is 1.84. The molecule has 0 fully saturated rings. The standard InChI is InChI=1S/C13H15ClN4/c1-3-11-17-12(15-2)8-13(18-11)16-10-6-4-5-9(14)7-10/h4-8H,3H2,1-2H3,(H2,15,16,17,18). The van der Waals surface area contributed by atoms with E-state index >= 15 is 0 Å². The Bertz CT molecular complexity index is 520. The third-order valence-electron chi connectivity index (χ3n) is 2.44. The second kappa shape index (κ2) is 5.69. The lowest BCUT2D eigenvalue weighted by atomic mass is 10.3. The first kappa shape index (κ1) is 12.6. The molecule has 0 atom stereocenters. The molecule has 18 heavy (non-hydrogen) atoms. The molecule has 0 aliphatic carbocycles. The number of nitrogens with one attached hydrogen (secondary N) is 2. The fraction of sp³-hybridized carbons (Fsp3) is 0.231. The quantitative estimate of drug-likeness (QED) is 0.886. The largest absolute Gasteiger partial charge is 0.373 e. The van der Waals surface area contributed by atoms with Crippen molar-refractivity contribution in [3.63, 3.8) is 0 Å². The van der Waals surface area contributed by atoms with Gasteiger partial charge in [-0.05, 0) is 18.2 Å². The summed E-state index contributed by atoms with van der Waals surface area (Å²) in [5, 5.41) is 6.93. The van der Waals surface area contributed by atoms with Crippen LogP contribution in [0.3, 0.4) is 0 Å². The normalized spacial score (nSPS) is 10.2. The van der Waals surface area contributed by atoms with Gasteiger partial charge >= 0.3 is 0 Å². The predicted molar refractivity (Wildman–Crippen MR) is 75.7 cm³/mol. The number of aromatic nitrogens is 2. The van der Waals surface area contributed by atoms with Crippen LogP contribution >= 0.6 is 11.6 Å². The average molecular weight is 263 g/mol. The molecule has 0 saturated carbocycles. The maximum atomic E-state index is 5.94. The molecule has 5 heteroatoms. The number of nitrogens with zero attached hydrogens (tertiary/aromatic N) is 2. The number of rotatable bonds is 4. The van der Waals surface area contributed by atoms with E-state index in [1.54, 1.807) is 0 Å².